The topological polar surface area (TPSA) is 104 Å². The van der Waals surface area contributed by atoms with Gasteiger partial charge in [0, 0.05) is 6.07 Å². The zero-order valence-corrected chi connectivity index (χ0v) is 12.6. The lowest BCUT2D eigenvalue weighted by molar-refractivity contribution is 0.309. The van der Waals surface area contributed by atoms with Crippen LogP contribution in [-0.2, 0) is 16.4 Å². The van der Waals surface area contributed by atoms with Gasteiger partial charge in [0.15, 0.2) is 9.84 Å². The van der Waals surface area contributed by atoms with Crippen molar-refractivity contribution in [2.75, 3.05) is 18.9 Å². The van der Waals surface area contributed by atoms with Gasteiger partial charge >= 0.3 is 0 Å². The lowest BCUT2D eigenvalue weighted by Crippen LogP contribution is -2.28. The summed E-state index contributed by atoms with van der Waals surface area (Å²) < 4.78 is 29.8. The zero-order chi connectivity index (χ0) is 15.2. The normalized spacial score (nSPS) is 11.8. The van der Waals surface area contributed by atoms with Crippen LogP contribution in [0.3, 0.4) is 0 Å². The molecule has 0 amide bonds. The molecule has 8 heteroatoms. The van der Waals surface area contributed by atoms with Crippen LogP contribution in [0.5, 0.6) is 5.75 Å². The number of nitrogens with zero attached hydrogens (tertiary/aromatic N) is 2. The molecule has 0 fully saturated rings. The van der Waals surface area contributed by atoms with E-state index in [4.69, 9.17) is 10.5 Å². The fourth-order valence-corrected chi connectivity index (χ4v) is 2.29. The molecule has 0 aliphatic heterocycles. The van der Waals surface area contributed by atoms with Crippen LogP contribution in [0.25, 0.3) is 0 Å². The van der Waals surface area contributed by atoms with E-state index >= 15 is 0 Å². The van der Waals surface area contributed by atoms with Crippen molar-refractivity contribution in [3.05, 3.63) is 22.6 Å². The molecule has 114 valence electrons. The van der Waals surface area contributed by atoms with Gasteiger partial charge in [0.25, 0.3) is 5.56 Å². The van der Waals surface area contributed by atoms with Crippen LogP contribution in [0.2, 0.25) is 0 Å². The fourth-order valence-electron chi connectivity index (χ4n) is 1.39. The van der Waals surface area contributed by atoms with Crippen molar-refractivity contribution in [3.8, 4) is 5.75 Å². The summed E-state index contributed by atoms with van der Waals surface area (Å²) in [5.41, 5.74) is 4.95. The summed E-state index contributed by atoms with van der Waals surface area (Å²) in [6, 6.07) is 1.30. The van der Waals surface area contributed by atoms with Gasteiger partial charge in [-0.2, -0.15) is 5.10 Å². The van der Waals surface area contributed by atoms with E-state index in [-0.39, 0.29) is 17.9 Å². The summed E-state index contributed by atoms with van der Waals surface area (Å²) in [6.45, 7) is 4.20. The standard InChI is InChI=1S/C12H21N3O4S/c1-10(2)20(17,18)7-5-15-12(16)8-11(9-14-15)19-6-3-4-13/h8-10H,3-7,13H2,1-2H3. The molecule has 20 heavy (non-hydrogen) atoms. The van der Waals surface area contributed by atoms with Gasteiger partial charge in [-0.05, 0) is 26.8 Å². The lowest BCUT2D eigenvalue weighted by Gasteiger charge is -2.09. The van der Waals surface area contributed by atoms with Crippen LogP contribution in [0.15, 0.2) is 17.1 Å². The Balaban J connectivity index is 2.67. The third-order valence-corrected chi connectivity index (χ3v) is 4.96. The summed E-state index contributed by atoms with van der Waals surface area (Å²) in [5, 5.41) is 3.44. The number of sulfone groups is 1. The second-order valence-electron chi connectivity index (χ2n) is 4.66. The van der Waals surface area contributed by atoms with Crippen molar-refractivity contribution in [1.82, 2.24) is 9.78 Å². The first-order valence-corrected chi connectivity index (χ1v) is 8.20. The molecular weight excluding hydrogens is 282 g/mol. The predicted molar refractivity (Wildman–Crippen MR) is 76.6 cm³/mol. The average molecular weight is 303 g/mol. The smallest absolute Gasteiger partial charge is 0.270 e. The van der Waals surface area contributed by atoms with Gasteiger partial charge in [-0.25, -0.2) is 13.1 Å². The van der Waals surface area contributed by atoms with Crippen LogP contribution >= 0.6 is 0 Å². The highest BCUT2D eigenvalue weighted by atomic mass is 32.2. The monoisotopic (exact) mass is 303 g/mol. The minimum atomic E-state index is -3.19. The Hall–Kier alpha value is -1.41. The minimum absolute atomic E-state index is 0.0441. The third-order valence-electron chi connectivity index (χ3n) is 2.77. The largest absolute Gasteiger partial charge is 0.492 e. The highest BCUT2D eigenvalue weighted by Gasteiger charge is 2.16. The molecule has 1 aromatic rings. The van der Waals surface area contributed by atoms with Crippen molar-refractivity contribution < 1.29 is 13.2 Å². The molecule has 0 bridgehead atoms. The van der Waals surface area contributed by atoms with Gasteiger partial charge in [0.05, 0.1) is 30.4 Å². The van der Waals surface area contributed by atoms with E-state index in [1.807, 2.05) is 0 Å². The van der Waals surface area contributed by atoms with Crippen LogP contribution in [0.4, 0.5) is 0 Å². The number of aryl methyl sites for hydroxylation is 1. The zero-order valence-electron chi connectivity index (χ0n) is 11.8. The van der Waals surface area contributed by atoms with E-state index in [0.29, 0.717) is 25.3 Å². The first-order valence-electron chi connectivity index (χ1n) is 6.48. The molecule has 0 aromatic carbocycles. The van der Waals surface area contributed by atoms with Gasteiger partial charge < -0.3 is 10.5 Å². The third kappa shape index (κ3) is 4.93. The molecule has 1 heterocycles. The molecule has 0 saturated carbocycles. The van der Waals surface area contributed by atoms with Crippen molar-refractivity contribution >= 4 is 9.84 Å². The van der Waals surface area contributed by atoms with Crippen molar-refractivity contribution in [2.45, 2.75) is 32.1 Å². The number of hydrogen-bond acceptors (Lipinski definition) is 6. The van der Waals surface area contributed by atoms with E-state index < -0.39 is 15.1 Å². The maximum Gasteiger partial charge on any atom is 0.270 e. The van der Waals surface area contributed by atoms with E-state index in [1.54, 1.807) is 13.8 Å². The average Bonchev–Trinajstić information content (AvgIpc) is 2.38. The van der Waals surface area contributed by atoms with E-state index in [1.165, 1.54) is 12.3 Å². The van der Waals surface area contributed by atoms with Gasteiger partial charge in [-0.15, -0.1) is 0 Å². The van der Waals surface area contributed by atoms with Crippen molar-refractivity contribution in [2.24, 2.45) is 5.73 Å². The molecule has 1 rings (SSSR count). The summed E-state index contributed by atoms with van der Waals surface area (Å²) in [6.07, 6.45) is 2.09. The lowest BCUT2D eigenvalue weighted by atomic mass is 10.4. The molecular formula is C12H21N3O4S. The molecule has 7 nitrogen and oxygen atoms in total. The SMILES string of the molecule is CC(C)S(=O)(=O)CCn1ncc(OCCCN)cc1=O. The van der Waals surface area contributed by atoms with Crippen LogP contribution in [-0.4, -0.2) is 42.4 Å². The molecule has 0 aliphatic rings. The number of nitrogens with two attached hydrogens (primary N) is 1. The Morgan fingerprint density at radius 2 is 2.15 bits per heavy atom. The summed E-state index contributed by atoms with van der Waals surface area (Å²) in [5.74, 6) is 0.261. The molecule has 0 saturated heterocycles. The van der Waals surface area contributed by atoms with E-state index in [2.05, 4.69) is 5.10 Å². The fraction of sp³-hybridized carbons (Fsp3) is 0.667. The Labute approximate surface area is 118 Å². The Morgan fingerprint density at radius 1 is 1.45 bits per heavy atom. The van der Waals surface area contributed by atoms with Gasteiger partial charge in [0.2, 0.25) is 0 Å². The van der Waals surface area contributed by atoms with Crippen LogP contribution in [0.1, 0.15) is 20.3 Å². The van der Waals surface area contributed by atoms with Crippen LogP contribution in [0, 0.1) is 0 Å². The highest BCUT2D eigenvalue weighted by molar-refractivity contribution is 7.91. The van der Waals surface area contributed by atoms with Crippen LogP contribution < -0.4 is 16.0 Å². The molecule has 0 radical (unpaired) electrons. The van der Waals surface area contributed by atoms with Crippen molar-refractivity contribution in [1.29, 1.82) is 0 Å². The molecule has 0 atom stereocenters. The number of aromatic nitrogens is 2. The van der Waals surface area contributed by atoms with Crippen molar-refractivity contribution in [3.63, 3.8) is 0 Å². The van der Waals surface area contributed by atoms with Gasteiger partial charge in [-0.3, -0.25) is 4.79 Å². The first kappa shape index (κ1) is 16.6. The number of hydrogen-bond donors (Lipinski definition) is 1. The Kier molecular flexibility index (Phi) is 6.15. The second kappa shape index (κ2) is 7.39. The molecule has 0 unspecified atom stereocenters. The Morgan fingerprint density at radius 3 is 2.70 bits per heavy atom. The minimum Gasteiger partial charge on any atom is -0.492 e. The number of rotatable bonds is 8. The molecule has 0 spiro atoms. The molecule has 0 aliphatic carbocycles. The van der Waals surface area contributed by atoms with E-state index in [0.717, 1.165) is 4.68 Å². The summed E-state index contributed by atoms with van der Waals surface area (Å²) in [7, 11) is -3.19. The summed E-state index contributed by atoms with van der Waals surface area (Å²) in [4.78, 5) is 11.8. The first-order chi connectivity index (χ1) is 9.36. The number of ether oxygens (including phenoxy) is 1. The Bertz CT molecular complexity index is 581. The highest BCUT2D eigenvalue weighted by Crippen LogP contribution is 2.05. The predicted octanol–water partition coefficient (Wildman–Crippen LogP) is -0.206. The second-order valence-corrected chi connectivity index (χ2v) is 7.34. The maximum absolute atomic E-state index is 11.8. The van der Waals surface area contributed by atoms with Gasteiger partial charge in [-0.1, -0.05) is 0 Å². The van der Waals surface area contributed by atoms with Gasteiger partial charge in [0.1, 0.15) is 5.75 Å². The molecule has 2 N–H and O–H groups in total. The quantitative estimate of drug-likeness (QED) is 0.667. The summed E-state index contributed by atoms with van der Waals surface area (Å²) >= 11 is 0. The maximum atomic E-state index is 11.8. The molecule has 1 aromatic heterocycles. The van der Waals surface area contributed by atoms with E-state index in [9.17, 15) is 13.2 Å².